The standard InChI is InChI=1S/C26H33N5O5S/c1-26(2,3)36-18-29-16-22-23(17-29)35-13-12-31(22)37(33,34)21-7-4-19(5-8-21)14-28-25(32)20-6-9-24-27-10-11-30(24)15-20/h4-11,15,22-23H,12-14,16-18H2,1-3H3,(H,28,32). The van der Waals surface area contributed by atoms with Gasteiger partial charge in [-0.15, -0.1) is 0 Å². The molecule has 5 rings (SSSR count). The van der Waals surface area contributed by atoms with Crippen LogP contribution in [-0.2, 0) is 26.0 Å². The molecule has 2 aliphatic rings. The van der Waals surface area contributed by atoms with Crippen LogP contribution >= 0.6 is 0 Å². The molecule has 0 aliphatic carbocycles. The summed E-state index contributed by atoms with van der Waals surface area (Å²) in [5.41, 5.74) is 1.82. The van der Waals surface area contributed by atoms with Crippen molar-refractivity contribution < 1.29 is 22.7 Å². The van der Waals surface area contributed by atoms with E-state index < -0.39 is 10.0 Å². The number of fused-ring (bicyclic) bond motifs is 2. The Morgan fingerprint density at radius 1 is 1.16 bits per heavy atom. The number of rotatable bonds is 7. The predicted molar refractivity (Wildman–Crippen MR) is 138 cm³/mol. The fraction of sp³-hybridized carbons (Fsp3) is 0.462. The minimum absolute atomic E-state index is 0.178. The van der Waals surface area contributed by atoms with Crippen molar-refractivity contribution in [3.8, 4) is 0 Å². The topological polar surface area (TPSA) is 105 Å². The number of carbonyl (C=O) groups is 1. The molecule has 2 unspecified atom stereocenters. The Morgan fingerprint density at radius 2 is 1.95 bits per heavy atom. The third-order valence-corrected chi connectivity index (χ3v) is 8.58. The van der Waals surface area contributed by atoms with Gasteiger partial charge in [0, 0.05) is 44.8 Å². The molecule has 1 N–H and O–H groups in total. The Hall–Kier alpha value is -2.83. The number of imidazole rings is 1. The lowest BCUT2D eigenvalue weighted by molar-refractivity contribution is -0.0614. The average Bonchev–Trinajstić information content (AvgIpc) is 3.51. The van der Waals surface area contributed by atoms with Crippen molar-refractivity contribution in [2.75, 3.05) is 33.0 Å². The Bertz CT molecular complexity index is 1370. The molecular weight excluding hydrogens is 494 g/mol. The molecule has 4 heterocycles. The third-order valence-electron chi connectivity index (χ3n) is 6.64. The normalized spacial score (nSPS) is 21.3. The predicted octanol–water partition coefficient (Wildman–Crippen LogP) is 2.11. The largest absolute Gasteiger partial charge is 0.374 e. The molecular formula is C26H33N5O5S. The number of amides is 1. The van der Waals surface area contributed by atoms with Crippen molar-refractivity contribution in [2.45, 2.75) is 50.0 Å². The van der Waals surface area contributed by atoms with Gasteiger partial charge in [-0.2, -0.15) is 4.31 Å². The number of pyridine rings is 1. The van der Waals surface area contributed by atoms with Gasteiger partial charge in [0.25, 0.3) is 5.91 Å². The van der Waals surface area contributed by atoms with E-state index in [2.05, 4.69) is 15.2 Å². The van der Waals surface area contributed by atoms with E-state index in [4.69, 9.17) is 9.47 Å². The van der Waals surface area contributed by atoms with Crippen LogP contribution in [0.3, 0.4) is 0 Å². The number of hydrogen-bond donors (Lipinski definition) is 1. The van der Waals surface area contributed by atoms with Gasteiger partial charge in [0.05, 0.1) is 41.5 Å². The van der Waals surface area contributed by atoms with E-state index >= 15 is 0 Å². The van der Waals surface area contributed by atoms with Crippen molar-refractivity contribution in [3.05, 3.63) is 66.1 Å². The van der Waals surface area contributed by atoms with Crippen molar-refractivity contribution in [2.24, 2.45) is 0 Å². The lowest BCUT2D eigenvalue weighted by atomic mass is 10.2. The van der Waals surface area contributed by atoms with Gasteiger partial charge in [-0.25, -0.2) is 13.4 Å². The Kier molecular flexibility index (Phi) is 7.08. The highest BCUT2D eigenvalue weighted by Gasteiger charge is 2.45. The highest BCUT2D eigenvalue weighted by Crippen LogP contribution is 2.29. The van der Waals surface area contributed by atoms with Gasteiger partial charge in [-0.3, -0.25) is 9.69 Å². The molecule has 2 aromatic heterocycles. The molecule has 37 heavy (non-hydrogen) atoms. The van der Waals surface area contributed by atoms with Crippen molar-refractivity contribution in [3.63, 3.8) is 0 Å². The Morgan fingerprint density at radius 3 is 2.70 bits per heavy atom. The maximum atomic E-state index is 13.5. The summed E-state index contributed by atoms with van der Waals surface area (Å²) in [7, 11) is -3.70. The zero-order valence-electron chi connectivity index (χ0n) is 21.3. The molecule has 2 saturated heterocycles. The van der Waals surface area contributed by atoms with E-state index in [1.165, 1.54) is 0 Å². The van der Waals surface area contributed by atoms with Gasteiger partial charge in [0.15, 0.2) is 0 Å². The van der Waals surface area contributed by atoms with Crippen LogP contribution in [-0.4, -0.2) is 83.6 Å². The van der Waals surface area contributed by atoms with Gasteiger partial charge in [0.1, 0.15) is 5.65 Å². The number of nitrogens with zero attached hydrogens (tertiary/aromatic N) is 4. The first kappa shape index (κ1) is 25.8. The van der Waals surface area contributed by atoms with Crippen molar-refractivity contribution >= 4 is 21.6 Å². The zero-order chi connectivity index (χ0) is 26.2. The van der Waals surface area contributed by atoms with E-state index in [-0.39, 0.29) is 35.1 Å². The maximum Gasteiger partial charge on any atom is 0.253 e. The molecule has 0 bridgehead atoms. The molecule has 2 atom stereocenters. The third kappa shape index (κ3) is 5.70. The van der Waals surface area contributed by atoms with Crippen molar-refractivity contribution in [1.29, 1.82) is 0 Å². The summed E-state index contributed by atoms with van der Waals surface area (Å²) in [5.74, 6) is -0.215. The summed E-state index contributed by atoms with van der Waals surface area (Å²) in [4.78, 5) is 19.1. The van der Waals surface area contributed by atoms with Gasteiger partial charge in [0.2, 0.25) is 10.0 Å². The summed E-state index contributed by atoms with van der Waals surface area (Å²) in [5, 5.41) is 2.88. The first-order valence-corrected chi connectivity index (χ1v) is 13.8. The average molecular weight is 528 g/mol. The number of ether oxygens (including phenoxy) is 2. The monoisotopic (exact) mass is 527 g/mol. The summed E-state index contributed by atoms with van der Waals surface area (Å²) >= 11 is 0. The second kappa shape index (κ2) is 10.1. The van der Waals surface area contributed by atoms with Crippen LogP contribution in [0.4, 0.5) is 0 Å². The molecule has 10 nitrogen and oxygen atoms in total. The molecule has 198 valence electrons. The lowest BCUT2D eigenvalue weighted by Gasteiger charge is -2.35. The fourth-order valence-electron chi connectivity index (χ4n) is 4.68. The van der Waals surface area contributed by atoms with Crippen LogP contribution < -0.4 is 5.32 Å². The summed E-state index contributed by atoms with van der Waals surface area (Å²) in [6.07, 6.45) is 5.00. The molecule has 0 saturated carbocycles. The molecule has 11 heteroatoms. The first-order valence-electron chi connectivity index (χ1n) is 12.4. The number of likely N-dealkylation sites (tertiary alicyclic amines) is 1. The van der Waals surface area contributed by atoms with Crippen LogP contribution in [0.25, 0.3) is 5.65 Å². The van der Waals surface area contributed by atoms with E-state index in [1.807, 2.05) is 20.8 Å². The van der Waals surface area contributed by atoms with E-state index in [1.54, 1.807) is 63.7 Å². The molecule has 2 aliphatic heterocycles. The quantitative estimate of drug-likeness (QED) is 0.502. The number of aromatic nitrogens is 2. The van der Waals surface area contributed by atoms with E-state index in [0.717, 1.165) is 11.2 Å². The SMILES string of the molecule is CC(C)(C)OCN1CC2OCCN(S(=O)(=O)c3ccc(CNC(=O)c4ccc5nccn5c4)cc3)C2C1. The van der Waals surface area contributed by atoms with E-state index in [0.29, 0.717) is 38.5 Å². The fourth-order valence-corrected chi connectivity index (χ4v) is 6.30. The summed E-state index contributed by atoms with van der Waals surface area (Å²) in [6, 6.07) is 9.94. The lowest BCUT2D eigenvalue weighted by Crippen LogP contribution is -2.53. The minimum atomic E-state index is -3.70. The van der Waals surface area contributed by atoms with Crippen LogP contribution in [0.5, 0.6) is 0 Å². The van der Waals surface area contributed by atoms with Gasteiger partial charge >= 0.3 is 0 Å². The summed E-state index contributed by atoms with van der Waals surface area (Å²) < 4.78 is 42.2. The highest BCUT2D eigenvalue weighted by molar-refractivity contribution is 7.89. The number of sulfonamides is 1. The summed E-state index contributed by atoms with van der Waals surface area (Å²) in [6.45, 7) is 8.60. The van der Waals surface area contributed by atoms with Gasteiger partial charge < -0.3 is 19.2 Å². The Labute approximate surface area is 217 Å². The number of morpholine rings is 1. The number of carbonyl (C=O) groups excluding carboxylic acids is 1. The molecule has 1 aromatic carbocycles. The number of hydrogen-bond acceptors (Lipinski definition) is 7. The zero-order valence-corrected chi connectivity index (χ0v) is 22.1. The van der Waals surface area contributed by atoms with Crippen molar-refractivity contribution in [1.82, 2.24) is 23.9 Å². The number of benzene rings is 1. The smallest absolute Gasteiger partial charge is 0.253 e. The molecule has 1 amide bonds. The molecule has 0 radical (unpaired) electrons. The van der Waals surface area contributed by atoms with E-state index in [9.17, 15) is 13.2 Å². The minimum Gasteiger partial charge on any atom is -0.374 e. The van der Waals surface area contributed by atoms with Gasteiger partial charge in [-0.1, -0.05) is 12.1 Å². The van der Waals surface area contributed by atoms with Crippen LogP contribution in [0.1, 0.15) is 36.7 Å². The molecule has 0 spiro atoms. The molecule has 3 aromatic rings. The highest BCUT2D eigenvalue weighted by atomic mass is 32.2. The Balaban J connectivity index is 1.22. The van der Waals surface area contributed by atoms with Crippen LogP contribution in [0.15, 0.2) is 59.9 Å². The first-order chi connectivity index (χ1) is 17.6. The second-order valence-corrected chi connectivity index (χ2v) is 12.3. The number of nitrogens with one attached hydrogen (secondary N) is 1. The van der Waals surface area contributed by atoms with Crippen LogP contribution in [0.2, 0.25) is 0 Å². The second-order valence-electron chi connectivity index (χ2n) is 10.5. The molecule has 2 fully saturated rings. The van der Waals surface area contributed by atoms with Gasteiger partial charge in [-0.05, 0) is 50.6 Å². The maximum absolute atomic E-state index is 13.5. The van der Waals surface area contributed by atoms with Crippen LogP contribution in [0, 0.1) is 0 Å².